The molecule has 1 aromatic rings. The van der Waals surface area contributed by atoms with Crippen LogP contribution in [0.25, 0.3) is 0 Å². The Labute approximate surface area is 129 Å². The minimum absolute atomic E-state index is 0.0942. The van der Waals surface area contributed by atoms with Crippen LogP contribution in [0, 0.1) is 5.92 Å². The van der Waals surface area contributed by atoms with Crippen molar-refractivity contribution < 1.29 is 16.8 Å². The van der Waals surface area contributed by atoms with Gasteiger partial charge in [0, 0.05) is 23.3 Å². The summed E-state index contributed by atoms with van der Waals surface area (Å²) in [5.74, 6) is 0.475. The maximum atomic E-state index is 12.7. The highest BCUT2D eigenvalue weighted by Crippen LogP contribution is 2.38. The fourth-order valence-corrected chi connectivity index (χ4v) is 4.80. The Kier molecular flexibility index (Phi) is 3.80. The maximum absolute atomic E-state index is 12.7. The molecule has 5 nitrogen and oxygen atoms in total. The molecule has 0 saturated heterocycles. The summed E-state index contributed by atoms with van der Waals surface area (Å²) >= 11 is 0. The highest BCUT2D eigenvalue weighted by atomic mass is 35.7. The van der Waals surface area contributed by atoms with Gasteiger partial charge in [-0.05, 0) is 55.9 Å². The Morgan fingerprint density at radius 3 is 1.90 bits per heavy atom. The molecule has 2 fully saturated rings. The number of sulfonamides is 1. The Hall–Kier alpha value is -0.630. The summed E-state index contributed by atoms with van der Waals surface area (Å²) in [6.45, 7) is 0.572. The van der Waals surface area contributed by atoms with Crippen molar-refractivity contribution in [3.63, 3.8) is 0 Å². The second kappa shape index (κ2) is 5.22. The lowest BCUT2D eigenvalue weighted by Crippen LogP contribution is -2.34. The second-order valence-corrected chi connectivity index (χ2v) is 10.1. The van der Waals surface area contributed by atoms with Gasteiger partial charge in [-0.2, -0.15) is 4.31 Å². The topological polar surface area (TPSA) is 71.5 Å². The summed E-state index contributed by atoms with van der Waals surface area (Å²) in [6.07, 6.45) is 3.98. The van der Waals surface area contributed by atoms with Gasteiger partial charge in [0.25, 0.3) is 9.05 Å². The van der Waals surface area contributed by atoms with E-state index in [1.165, 1.54) is 24.3 Å². The lowest BCUT2D eigenvalue weighted by molar-refractivity contribution is 0.388. The standard InChI is InChI=1S/C13H16ClNO4S2/c14-20(16,17)12-5-7-13(8-6-12)21(18,19)15(11-3-4-11)9-10-1-2-10/h5-8,10-11H,1-4,9H2. The molecule has 0 aliphatic heterocycles. The lowest BCUT2D eigenvalue weighted by atomic mass is 10.4. The molecule has 0 spiro atoms. The average molecular weight is 350 g/mol. The molecule has 0 heterocycles. The molecule has 2 aliphatic carbocycles. The Morgan fingerprint density at radius 1 is 0.952 bits per heavy atom. The second-order valence-electron chi connectivity index (χ2n) is 5.66. The molecule has 2 aliphatic rings. The highest BCUT2D eigenvalue weighted by molar-refractivity contribution is 8.13. The number of halogens is 1. The predicted octanol–water partition coefficient (Wildman–Crippen LogP) is 2.18. The van der Waals surface area contributed by atoms with Crippen molar-refractivity contribution in [3.8, 4) is 0 Å². The largest absolute Gasteiger partial charge is 0.261 e. The van der Waals surface area contributed by atoms with Gasteiger partial charge < -0.3 is 0 Å². The molecule has 1 aromatic carbocycles. The zero-order valence-corrected chi connectivity index (χ0v) is 13.7. The van der Waals surface area contributed by atoms with E-state index in [2.05, 4.69) is 0 Å². The van der Waals surface area contributed by atoms with Crippen LogP contribution in [0.2, 0.25) is 0 Å². The zero-order valence-electron chi connectivity index (χ0n) is 11.3. The van der Waals surface area contributed by atoms with Crippen molar-refractivity contribution in [1.82, 2.24) is 4.31 Å². The molecule has 0 atom stereocenters. The van der Waals surface area contributed by atoms with Crippen molar-refractivity contribution in [2.24, 2.45) is 5.92 Å². The molecule has 0 amide bonds. The van der Waals surface area contributed by atoms with Crippen LogP contribution in [0.4, 0.5) is 0 Å². The molecular weight excluding hydrogens is 334 g/mol. The van der Waals surface area contributed by atoms with Gasteiger partial charge in [-0.25, -0.2) is 16.8 Å². The van der Waals surface area contributed by atoms with Gasteiger partial charge in [-0.3, -0.25) is 0 Å². The van der Waals surface area contributed by atoms with Gasteiger partial charge >= 0.3 is 0 Å². The maximum Gasteiger partial charge on any atom is 0.261 e. The Bertz CT molecular complexity index is 735. The van der Waals surface area contributed by atoms with E-state index < -0.39 is 19.1 Å². The first-order chi connectivity index (χ1) is 9.78. The van der Waals surface area contributed by atoms with Crippen molar-refractivity contribution in [2.75, 3.05) is 6.54 Å². The molecule has 3 rings (SSSR count). The fourth-order valence-electron chi connectivity index (χ4n) is 2.27. The fraction of sp³-hybridized carbons (Fsp3) is 0.538. The molecule has 116 valence electrons. The quantitative estimate of drug-likeness (QED) is 0.738. The first kappa shape index (κ1) is 15.3. The van der Waals surface area contributed by atoms with Crippen LogP contribution < -0.4 is 0 Å². The number of nitrogens with zero attached hydrogens (tertiary/aromatic N) is 1. The molecular formula is C13H16ClNO4S2. The first-order valence-corrected chi connectivity index (χ1v) is 10.6. The van der Waals surface area contributed by atoms with Crippen molar-refractivity contribution in [3.05, 3.63) is 24.3 Å². The van der Waals surface area contributed by atoms with E-state index in [-0.39, 0.29) is 15.8 Å². The monoisotopic (exact) mass is 349 g/mol. The van der Waals surface area contributed by atoms with Gasteiger partial charge in [0.15, 0.2) is 0 Å². The van der Waals surface area contributed by atoms with E-state index in [4.69, 9.17) is 10.7 Å². The Balaban J connectivity index is 1.89. The van der Waals surface area contributed by atoms with Gasteiger partial charge in [0.2, 0.25) is 10.0 Å². The van der Waals surface area contributed by atoms with Crippen molar-refractivity contribution in [1.29, 1.82) is 0 Å². The molecule has 21 heavy (non-hydrogen) atoms. The number of hydrogen-bond acceptors (Lipinski definition) is 4. The summed E-state index contributed by atoms with van der Waals surface area (Å²) in [7, 11) is -2.16. The summed E-state index contributed by atoms with van der Waals surface area (Å²) in [6, 6.07) is 5.20. The first-order valence-electron chi connectivity index (χ1n) is 6.85. The van der Waals surface area contributed by atoms with Crippen LogP contribution in [-0.4, -0.2) is 33.7 Å². The van der Waals surface area contributed by atoms with Gasteiger partial charge in [-0.15, -0.1) is 0 Å². The van der Waals surface area contributed by atoms with E-state index in [9.17, 15) is 16.8 Å². The lowest BCUT2D eigenvalue weighted by Gasteiger charge is -2.21. The van der Waals surface area contributed by atoms with E-state index >= 15 is 0 Å². The average Bonchev–Trinajstić information content (AvgIpc) is 3.27. The summed E-state index contributed by atoms with van der Waals surface area (Å²) < 4.78 is 49.4. The van der Waals surface area contributed by atoms with Gasteiger partial charge in [0.1, 0.15) is 0 Å². The number of hydrogen-bond donors (Lipinski definition) is 0. The van der Waals surface area contributed by atoms with Crippen LogP contribution in [0.15, 0.2) is 34.1 Å². The number of benzene rings is 1. The van der Waals surface area contributed by atoms with E-state index in [1.807, 2.05) is 0 Å². The Morgan fingerprint density at radius 2 is 1.48 bits per heavy atom. The summed E-state index contributed by atoms with van der Waals surface area (Å²) in [5, 5.41) is 0. The normalized spacial score (nSPS) is 19.9. The molecule has 0 bridgehead atoms. The predicted molar refractivity (Wildman–Crippen MR) is 79.1 cm³/mol. The third kappa shape index (κ3) is 3.41. The van der Waals surface area contributed by atoms with Crippen molar-refractivity contribution >= 4 is 29.8 Å². The highest BCUT2D eigenvalue weighted by Gasteiger charge is 2.41. The minimum atomic E-state index is -3.83. The van der Waals surface area contributed by atoms with Crippen LogP contribution in [0.1, 0.15) is 25.7 Å². The van der Waals surface area contributed by atoms with Crippen LogP contribution in [-0.2, 0) is 19.1 Å². The SMILES string of the molecule is O=S(=O)(Cl)c1ccc(S(=O)(=O)N(CC2CC2)C2CC2)cc1. The van der Waals surface area contributed by atoms with Gasteiger partial charge in [-0.1, -0.05) is 0 Å². The van der Waals surface area contributed by atoms with Crippen LogP contribution in [0.3, 0.4) is 0 Å². The molecule has 8 heteroatoms. The molecule has 0 unspecified atom stereocenters. The molecule has 2 saturated carbocycles. The van der Waals surface area contributed by atoms with E-state index in [0.29, 0.717) is 12.5 Å². The third-order valence-electron chi connectivity index (χ3n) is 3.80. The summed E-state index contributed by atoms with van der Waals surface area (Å²) in [4.78, 5) is 0.0300. The number of rotatable bonds is 6. The summed E-state index contributed by atoms with van der Waals surface area (Å²) in [5.41, 5.74) is 0. The van der Waals surface area contributed by atoms with Gasteiger partial charge in [0.05, 0.1) is 9.79 Å². The van der Waals surface area contributed by atoms with Crippen molar-refractivity contribution in [2.45, 2.75) is 41.5 Å². The van der Waals surface area contributed by atoms with E-state index in [1.54, 1.807) is 4.31 Å². The van der Waals surface area contributed by atoms with Crippen LogP contribution >= 0.6 is 10.7 Å². The molecule has 0 radical (unpaired) electrons. The molecule has 0 aromatic heterocycles. The minimum Gasteiger partial charge on any atom is -0.207 e. The van der Waals surface area contributed by atoms with E-state index in [0.717, 1.165) is 25.7 Å². The zero-order chi connectivity index (χ0) is 15.3. The van der Waals surface area contributed by atoms with Crippen LogP contribution in [0.5, 0.6) is 0 Å². The smallest absolute Gasteiger partial charge is 0.207 e. The third-order valence-corrected chi connectivity index (χ3v) is 7.10. The molecule has 0 N–H and O–H groups in total.